The topological polar surface area (TPSA) is 29.9 Å². The normalized spacial score (nSPS) is 10.7. The third-order valence-electron chi connectivity index (χ3n) is 2.98. The average molecular weight is 275 g/mol. The lowest BCUT2D eigenvalue weighted by atomic mass is 10.3. The van der Waals surface area contributed by atoms with Crippen LogP contribution in [0.3, 0.4) is 0 Å². The van der Waals surface area contributed by atoms with Gasteiger partial charge in [-0.2, -0.15) is 0 Å². The molecule has 3 nitrogen and oxygen atoms in total. The number of rotatable bonds is 6. The molecule has 4 heteroatoms. The molecule has 102 valence electrons. The summed E-state index contributed by atoms with van der Waals surface area (Å²) in [6.07, 6.45) is 6.57. The maximum Gasteiger partial charge on any atom is 0.207 e. The van der Waals surface area contributed by atoms with Crippen LogP contribution in [0.4, 0.5) is 11.6 Å². The summed E-state index contributed by atoms with van der Waals surface area (Å²) in [4.78, 5) is 5.82. The van der Waals surface area contributed by atoms with Crippen LogP contribution in [0.15, 0.2) is 35.4 Å². The van der Waals surface area contributed by atoms with Crippen LogP contribution in [0.5, 0.6) is 0 Å². The molecule has 0 bridgehead atoms. The molecular formula is C15H21N3S. The second-order valence-corrected chi connectivity index (χ2v) is 5.49. The van der Waals surface area contributed by atoms with E-state index in [-0.39, 0.29) is 0 Å². The van der Waals surface area contributed by atoms with Crippen LogP contribution in [0.1, 0.15) is 25.5 Å². The van der Waals surface area contributed by atoms with Crippen molar-refractivity contribution < 1.29 is 0 Å². The molecule has 0 atom stereocenters. The van der Waals surface area contributed by atoms with Crippen LogP contribution < -0.4 is 5.32 Å². The minimum atomic E-state index is 0.934. The van der Waals surface area contributed by atoms with Crippen molar-refractivity contribution in [2.75, 3.05) is 11.6 Å². The predicted octanol–water partition coefficient (Wildman–Crippen LogP) is 4.46. The zero-order chi connectivity index (χ0) is 13.7. The largest absolute Gasteiger partial charge is 0.326 e. The smallest absolute Gasteiger partial charge is 0.207 e. The van der Waals surface area contributed by atoms with Crippen molar-refractivity contribution in [2.45, 2.75) is 38.1 Å². The quantitative estimate of drug-likeness (QED) is 0.789. The van der Waals surface area contributed by atoms with Crippen molar-refractivity contribution >= 4 is 23.4 Å². The predicted molar refractivity (Wildman–Crippen MR) is 83.4 cm³/mol. The Kier molecular flexibility index (Phi) is 4.91. The van der Waals surface area contributed by atoms with Crippen molar-refractivity contribution in [1.82, 2.24) is 9.55 Å². The number of hydrogen-bond acceptors (Lipinski definition) is 3. The van der Waals surface area contributed by atoms with Crippen molar-refractivity contribution in [1.29, 1.82) is 0 Å². The molecular weight excluding hydrogens is 254 g/mol. The number of hydrogen-bond donors (Lipinski definition) is 1. The second kappa shape index (κ2) is 6.66. The molecule has 1 N–H and O–H groups in total. The first-order valence-corrected chi connectivity index (χ1v) is 7.90. The number of thioether (sulfide) groups is 1. The summed E-state index contributed by atoms with van der Waals surface area (Å²) in [6.45, 7) is 5.26. The minimum absolute atomic E-state index is 0.934. The molecule has 0 aliphatic heterocycles. The molecule has 0 aliphatic carbocycles. The molecule has 0 radical (unpaired) electrons. The van der Waals surface area contributed by atoms with E-state index in [1.165, 1.54) is 17.7 Å². The van der Waals surface area contributed by atoms with Gasteiger partial charge in [0.25, 0.3) is 0 Å². The first-order chi connectivity index (χ1) is 9.22. The van der Waals surface area contributed by atoms with Gasteiger partial charge < -0.3 is 9.88 Å². The van der Waals surface area contributed by atoms with E-state index in [1.54, 1.807) is 11.8 Å². The van der Waals surface area contributed by atoms with Crippen LogP contribution in [-0.2, 0) is 6.54 Å². The first-order valence-electron chi connectivity index (χ1n) is 6.67. The van der Waals surface area contributed by atoms with Gasteiger partial charge in [-0.15, -0.1) is 11.8 Å². The van der Waals surface area contributed by atoms with Gasteiger partial charge in [0.15, 0.2) is 0 Å². The Hall–Kier alpha value is -1.42. The Bertz CT molecular complexity index is 534. The fourth-order valence-corrected chi connectivity index (χ4v) is 2.43. The highest BCUT2D eigenvalue weighted by Gasteiger charge is 2.05. The van der Waals surface area contributed by atoms with Crippen molar-refractivity contribution in [3.8, 4) is 0 Å². The number of aryl methyl sites for hydroxylation is 2. The summed E-state index contributed by atoms with van der Waals surface area (Å²) in [7, 11) is 0. The molecule has 0 aliphatic rings. The van der Waals surface area contributed by atoms with E-state index in [1.807, 2.05) is 6.92 Å². The molecule has 1 heterocycles. The molecule has 1 aromatic carbocycles. The number of imidazole rings is 1. The lowest BCUT2D eigenvalue weighted by Crippen LogP contribution is -2.03. The number of nitrogens with zero attached hydrogens (tertiary/aromatic N) is 2. The minimum Gasteiger partial charge on any atom is -0.326 e. The van der Waals surface area contributed by atoms with Gasteiger partial charge in [0.05, 0.1) is 5.69 Å². The van der Waals surface area contributed by atoms with E-state index in [9.17, 15) is 0 Å². The molecule has 0 unspecified atom stereocenters. The van der Waals surface area contributed by atoms with E-state index in [4.69, 9.17) is 0 Å². The monoisotopic (exact) mass is 275 g/mol. The van der Waals surface area contributed by atoms with Gasteiger partial charge in [0.2, 0.25) is 5.95 Å². The Morgan fingerprint density at radius 1 is 1.37 bits per heavy atom. The van der Waals surface area contributed by atoms with Gasteiger partial charge in [0.1, 0.15) is 0 Å². The van der Waals surface area contributed by atoms with Crippen LogP contribution in [0.2, 0.25) is 0 Å². The summed E-state index contributed by atoms with van der Waals surface area (Å²) in [5.41, 5.74) is 2.15. The van der Waals surface area contributed by atoms with Crippen molar-refractivity contribution in [3.63, 3.8) is 0 Å². The van der Waals surface area contributed by atoms with Crippen LogP contribution >= 0.6 is 11.8 Å². The lowest BCUT2D eigenvalue weighted by Gasteiger charge is -2.10. The molecule has 0 saturated heterocycles. The van der Waals surface area contributed by atoms with Crippen molar-refractivity contribution in [3.05, 3.63) is 36.2 Å². The maximum absolute atomic E-state index is 4.56. The van der Waals surface area contributed by atoms with Gasteiger partial charge in [0, 0.05) is 23.3 Å². The highest BCUT2D eigenvalue weighted by atomic mass is 32.2. The summed E-state index contributed by atoms with van der Waals surface area (Å²) in [5.74, 6) is 0.934. The molecule has 2 aromatic rings. The third kappa shape index (κ3) is 3.77. The first kappa shape index (κ1) is 14.0. The fraction of sp³-hybridized carbons (Fsp3) is 0.400. The van der Waals surface area contributed by atoms with Gasteiger partial charge in [-0.25, -0.2) is 4.98 Å². The highest BCUT2D eigenvalue weighted by molar-refractivity contribution is 7.98. The van der Waals surface area contributed by atoms with E-state index in [0.717, 1.165) is 23.9 Å². The Labute approximate surface area is 119 Å². The number of aromatic nitrogens is 2. The summed E-state index contributed by atoms with van der Waals surface area (Å²) in [5, 5.41) is 3.42. The zero-order valence-electron chi connectivity index (χ0n) is 11.8. The summed E-state index contributed by atoms with van der Waals surface area (Å²) < 4.78 is 2.20. The molecule has 1 aromatic heterocycles. The van der Waals surface area contributed by atoms with E-state index in [0.29, 0.717) is 0 Å². The van der Waals surface area contributed by atoms with E-state index in [2.05, 4.69) is 58.5 Å². The Morgan fingerprint density at radius 2 is 2.21 bits per heavy atom. The van der Waals surface area contributed by atoms with E-state index < -0.39 is 0 Å². The average Bonchev–Trinajstić information content (AvgIpc) is 2.76. The Morgan fingerprint density at radius 3 is 2.95 bits per heavy atom. The second-order valence-electron chi connectivity index (χ2n) is 4.61. The SMILES string of the molecule is CCCCn1cc(C)nc1Nc1cccc(SC)c1. The van der Waals surface area contributed by atoms with Crippen molar-refractivity contribution in [2.24, 2.45) is 0 Å². The Balaban J connectivity index is 2.17. The number of nitrogens with one attached hydrogen (secondary N) is 1. The van der Waals surface area contributed by atoms with Crippen LogP contribution in [0.25, 0.3) is 0 Å². The van der Waals surface area contributed by atoms with E-state index >= 15 is 0 Å². The molecule has 2 rings (SSSR count). The summed E-state index contributed by atoms with van der Waals surface area (Å²) in [6, 6.07) is 8.41. The van der Waals surface area contributed by atoms with Crippen LogP contribution in [0, 0.1) is 6.92 Å². The molecule has 0 spiro atoms. The number of benzene rings is 1. The zero-order valence-corrected chi connectivity index (χ0v) is 12.6. The standard InChI is InChI=1S/C15H21N3S/c1-4-5-9-18-11-12(2)16-15(18)17-13-7-6-8-14(10-13)19-3/h6-8,10-11H,4-5,9H2,1-3H3,(H,16,17). The van der Waals surface area contributed by atoms with Crippen LogP contribution in [-0.4, -0.2) is 15.8 Å². The van der Waals surface area contributed by atoms with Gasteiger partial charge in [-0.05, 0) is 37.8 Å². The fourth-order valence-electron chi connectivity index (χ4n) is 1.98. The van der Waals surface area contributed by atoms with Gasteiger partial charge in [-0.3, -0.25) is 0 Å². The maximum atomic E-state index is 4.56. The molecule has 19 heavy (non-hydrogen) atoms. The van der Waals surface area contributed by atoms with Gasteiger partial charge in [-0.1, -0.05) is 19.4 Å². The molecule has 0 saturated carbocycles. The van der Waals surface area contributed by atoms with Gasteiger partial charge >= 0.3 is 0 Å². The highest BCUT2D eigenvalue weighted by Crippen LogP contribution is 2.22. The lowest BCUT2D eigenvalue weighted by molar-refractivity contribution is 0.637. The number of unbranched alkanes of at least 4 members (excludes halogenated alkanes) is 1. The molecule has 0 fully saturated rings. The molecule has 0 amide bonds. The third-order valence-corrected chi connectivity index (χ3v) is 3.70. The number of anilines is 2. The summed E-state index contributed by atoms with van der Waals surface area (Å²) >= 11 is 1.75.